The molecule has 6 heteroatoms. The van der Waals surface area contributed by atoms with Crippen LogP contribution in [0.15, 0.2) is 18.2 Å². The highest BCUT2D eigenvalue weighted by atomic mass is 32.1. The Hall–Kier alpha value is -1.69. The molecule has 116 valence electrons. The van der Waals surface area contributed by atoms with E-state index in [4.69, 9.17) is 0 Å². The average Bonchev–Trinajstić information content (AvgIpc) is 3.27. The van der Waals surface area contributed by atoms with Crippen molar-refractivity contribution in [1.82, 2.24) is 10.3 Å². The van der Waals surface area contributed by atoms with Gasteiger partial charge in [-0.25, -0.2) is 9.37 Å². The molecule has 1 aromatic carbocycles. The summed E-state index contributed by atoms with van der Waals surface area (Å²) in [5, 5.41) is 4.00. The number of aromatic nitrogens is 1. The van der Waals surface area contributed by atoms with Crippen LogP contribution in [0.2, 0.25) is 0 Å². The van der Waals surface area contributed by atoms with Gasteiger partial charge in [-0.05, 0) is 37.8 Å². The lowest BCUT2D eigenvalue weighted by Crippen LogP contribution is -2.48. The molecule has 1 N–H and O–H groups in total. The molecule has 1 aromatic heterocycles. The minimum Gasteiger partial charge on any atom is -0.351 e. The fraction of sp³-hybridized carbons (Fsp3) is 0.500. The normalized spacial score (nSPS) is 22.0. The molecule has 0 spiro atoms. The molecule has 2 aromatic rings. The average molecular weight is 319 g/mol. The number of para-hydroxylation sites is 1. The van der Waals surface area contributed by atoms with Crippen molar-refractivity contribution >= 4 is 32.6 Å². The summed E-state index contributed by atoms with van der Waals surface area (Å²) in [5.74, 6) is 0.171. The lowest BCUT2D eigenvalue weighted by Gasteiger charge is -2.33. The van der Waals surface area contributed by atoms with E-state index < -0.39 is 0 Å². The van der Waals surface area contributed by atoms with Gasteiger partial charge in [-0.1, -0.05) is 17.4 Å². The lowest BCUT2D eigenvalue weighted by atomic mass is 10.1. The van der Waals surface area contributed by atoms with Gasteiger partial charge in [0.2, 0.25) is 5.91 Å². The van der Waals surface area contributed by atoms with Crippen LogP contribution in [0.1, 0.15) is 25.7 Å². The van der Waals surface area contributed by atoms with Crippen molar-refractivity contribution in [2.75, 3.05) is 18.0 Å². The SMILES string of the molecule is O=C(NC1CCCN(c2nc3c(F)cccc3s2)C1)C1CC1. The molecule has 0 bridgehead atoms. The number of piperidine rings is 1. The number of rotatable bonds is 3. The highest BCUT2D eigenvalue weighted by Crippen LogP contribution is 2.32. The second-order valence-corrected chi connectivity index (χ2v) is 7.16. The molecule has 1 saturated heterocycles. The second-order valence-electron chi connectivity index (χ2n) is 6.15. The second kappa shape index (κ2) is 5.50. The zero-order chi connectivity index (χ0) is 15.1. The van der Waals surface area contributed by atoms with Crippen molar-refractivity contribution in [3.05, 3.63) is 24.0 Å². The fourth-order valence-electron chi connectivity index (χ4n) is 2.97. The third-order valence-electron chi connectivity index (χ3n) is 4.34. The Balaban J connectivity index is 1.50. The highest BCUT2D eigenvalue weighted by molar-refractivity contribution is 7.22. The van der Waals surface area contributed by atoms with Crippen LogP contribution in [0.4, 0.5) is 9.52 Å². The van der Waals surface area contributed by atoms with Gasteiger partial charge in [-0.2, -0.15) is 0 Å². The van der Waals surface area contributed by atoms with Crippen LogP contribution in [-0.4, -0.2) is 30.0 Å². The van der Waals surface area contributed by atoms with E-state index in [0.29, 0.717) is 5.52 Å². The standard InChI is InChI=1S/C16H18FN3OS/c17-12-4-1-5-13-14(12)19-16(22-13)20-8-2-3-11(9-20)18-15(21)10-6-7-10/h1,4-5,10-11H,2-3,6-9H2,(H,18,21). The monoisotopic (exact) mass is 319 g/mol. The van der Waals surface area contributed by atoms with Crippen molar-refractivity contribution < 1.29 is 9.18 Å². The number of benzene rings is 1. The van der Waals surface area contributed by atoms with Gasteiger partial charge in [0, 0.05) is 25.0 Å². The molecule has 1 aliphatic carbocycles. The Morgan fingerprint density at radius 1 is 1.36 bits per heavy atom. The van der Waals surface area contributed by atoms with Crippen LogP contribution >= 0.6 is 11.3 Å². The molecule has 22 heavy (non-hydrogen) atoms. The van der Waals surface area contributed by atoms with Crippen LogP contribution in [0.5, 0.6) is 0 Å². The Morgan fingerprint density at radius 3 is 3.00 bits per heavy atom. The number of nitrogens with zero attached hydrogens (tertiary/aromatic N) is 2. The number of amides is 1. The van der Waals surface area contributed by atoms with E-state index in [9.17, 15) is 9.18 Å². The molecule has 1 amide bonds. The van der Waals surface area contributed by atoms with Crippen LogP contribution in [0.3, 0.4) is 0 Å². The zero-order valence-corrected chi connectivity index (χ0v) is 13.0. The van der Waals surface area contributed by atoms with E-state index in [-0.39, 0.29) is 23.7 Å². The largest absolute Gasteiger partial charge is 0.351 e. The first-order valence-corrected chi connectivity index (χ1v) is 8.63. The minimum atomic E-state index is -0.268. The van der Waals surface area contributed by atoms with Gasteiger partial charge in [0.25, 0.3) is 0 Å². The van der Waals surface area contributed by atoms with Crippen LogP contribution < -0.4 is 10.2 Å². The van der Waals surface area contributed by atoms with E-state index in [1.54, 1.807) is 6.07 Å². The molecule has 2 fully saturated rings. The van der Waals surface area contributed by atoms with Crippen molar-refractivity contribution in [1.29, 1.82) is 0 Å². The van der Waals surface area contributed by atoms with Crippen molar-refractivity contribution in [2.45, 2.75) is 31.7 Å². The molecule has 1 unspecified atom stereocenters. The summed E-state index contributed by atoms with van der Waals surface area (Å²) in [6.07, 6.45) is 4.08. The van der Waals surface area contributed by atoms with Gasteiger partial charge >= 0.3 is 0 Å². The van der Waals surface area contributed by atoms with E-state index in [1.807, 2.05) is 6.07 Å². The third kappa shape index (κ3) is 2.67. The van der Waals surface area contributed by atoms with Crippen LogP contribution in [0.25, 0.3) is 10.2 Å². The number of hydrogen-bond donors (Lipinski definition) is 1. The summed E-state index contributed by atoms with van der Waals surface area (Å²) >= 11 is 1.52. The number of thiazole rings is 1. The molecule has 2 heterocycles. The van der Waals surface area contributed by atoms with Gasteiger partial charge in [-0.15, -0.1) is 0 Å². The first-order chi connectivity index (χ1) is 10.7. The zero-order valence-electron chi connectivity index (χ0n) is 12.2. The number of anilines is 1. The Morgan fingerprint density at radius 2 is 2.23 bits per heavy atom. The van der Waals surface area contributed by atoms with E-state index >= 15 is 0 Å². The third-order valence-corrected chi connectivity index (χ3v) is 5.43. The fourth-order valence-corrected chi connectivity index (χ4v) is 3.99. The number of carbonyl (C=O) groups is 1. The van der Waals surface area contributed by atoms with E-state index in [1.165, 1.54) is 17.4 Å². The maximum Gasteiger partial charge on any atom is 0.223 e. The molecular formula is C16H18FN3OS. The number of halogens is 1. The molecule has 0 radical (unpaired) electrons. The molecule has 1 saturated carbocycles. The summed E-state index contributed by atoms with van der Waals surface area (Å²) in [5.41, 5.74) is 0.451. The predicted molar refractivity (Wildman–Crippen MR) is 85.7 cm³/mol. The topological polar surface area (TPSA) is 45.2 Å². The van der Waals surface area contributed by atoms with Gasteiger partial charge in [-0.3, -0.25) is 4.79 Å². The Kier molecular flexibility index (Phi) is 3.48. The quantitative estimate of drug-likeness (QED) is 0.946. The lowest BCUT2D eigenvalue weighted by molar-refractivity contribution is -0.123. The number of hydrogen-bond acceptors (Lipinski definition) is 4. The maximum absolute atomic E-state index is 13.8. The highest BCUT2D eigenvalue weighted by Gasteiger charge is 2.32. The molecule has 1 aliphatic heterocycles. The van der Waals surface area contributed by atoms with Crippen molar-refractivity contribution in [3.8, 4) is 0 Å². The van der Waals surface area contributed by atoms with Gasteiger partial charge in [0.15, 0.2) is 5.13 Å². The summed E-state index contributed by atoms with van der Waals surface area (Å²) in [4.78, 5) is 18.5. The van der Waals surface area contributed by atoms with Gasteiger partial charge in [0.05, 0.1) is 4.70 Å². The number of carbonyl (C=O) groups excluding carboxylic acids is 1. The molecular weight excluding hydrogens is 301 g/mol. The van der Waals surface area contributed by atoms with Gasteiger partial charge in [0.1, 0.15) is 11.3 Å². The molecule has 1 atom stereocenters. The maximum atomic E-state index is 13.8. The van der Waals surface area contributed by atoms with E-state index in [0.717, 1.165) is 48.6 Å². The first-order valence-electron chi connectivity index (χ1n) is 7.81. The molecule has 4 nitrogen and oxygen atoms in total. The predicted octanol–water partition coefficient (Wildman–Crippen LogP) is 2.93. The number of fused-ring (bicyclic) bond motifs is 1. The van der Waals surface area contributed by atoms with Crippen molar-refractivity contribution in [3.63, 3.8) is 0 Å². The Labute approximate surface area is 132 Å². The first kappa shape index (κ1) is 13.9. The van der Waals surface area contributed by atoms with Crippen LogP contribution in [-0.2, 0) is 4.79 Å². The Bertz CT molecular complexity index is 712. The number of nitrogens with one attached hydrogen (secondary N) is 1. The minimum absolute atomic E-state index is 0.179. The van der Waals surface area contributed by atoms with Gasteiger partial charge < -0.3 is 10.2 Å². The van der Waals surface area contributed by atoms with Crippen molar-refractivity contribution in [2.24, 2.45) is 5.92 Å². The van der Waals surface area contributed by atoms with Crippen LogP contribution in [0, 0.1) is 11.7 Å². The molecule has 4 rings (SSSR count). The summed E-state index contributed by atoms with van der Waals surface area (Å²) in [7, 11) is 0. The molecule has 2 aliphatic rings. The van der Waals surface area contributed by atoms with E-state index in [2.05, 4.69) is 15.2 Å². The summed E-state index contributed by atoms with van der Waals surface area (Å²) < 4.78 is 14.7. The summed E-state index contributed by atoms with van der Waals surface area (Å²) in [6.45, 7) is 1.68. The smallest absolute Gasteiger partial charge is 0.223 e. The summed E-state index contributed by atoms with van der Waals surface area (Å²) in [6, 6.07) is 5.24.